The lowest BCUT2D eigenvalue weighted by molar-refractivity contribution is -0.607. The van der Waals surface area contributed by atoms with Crippen molar-refractivity contribution in [2.45, 2.75) is 10.6 Å². The topological polar surface area (TPSA) is 93.3 Å². The smallest absolute Gasteiger partial charge is 0.337 e. The first-order valence-electron chi connectivity index (χ1n) is 8.18. The summed E-state index contributed by atoms with van der Waals surface area (Å²) in [4.78, 5) is 24.7. The molecule has 8 heteroatoms. The Morgan fingerprint density at radius 1 is 1.11 bits per heavy atom. The molecule has 2 aromatic carbocycles. The summed E-state index contributed by atoms with van der Waals surface area (Å²) in [7, 11) is 0. The second-order valence-corrected chi connectivity index (χ2v) is 7.76. The number of carbonyl (C=O) groups excluding carboxylic acids is 1. The van der Waals surface area contributed by atoms with Gasteiger partial charge in [0.05, 0.1) is 11.3 Å². The molecule has 2 N–H and O–H groups in total. The molecule has 1 heterocycles. The first kappa shape index (κ1) is 19.9. The Morgan fingerprint density at radius 2 is 1.86 bits per heavy atom. The van der Waals surface area contributed by atoms with Crippen LogP contribution >= 0.6 is 27.7 Å². The standard InChI is InChI=1S/C20H15BrN2O4S/c21-14-6-7-17(16(10-14)20(25)26)22-19(24)18-11-15(8-9-23(18)27)28-12-13-4-2-1-3-5-13/h1-11H,12H2,(H,22,24)(H,25,26). The fourth-order valence-corrected chi connectivity index (χ4v) is 3.69. The largest absolute Gasteiger partial charge is 0.618 e. The van der Waals surface area contributed by atoms with Gasteiger partial charge in [0.1, 0.15) is 0 Å². The summed E-state index contributed by atoms with van der Waals surface area (Å²) in [6.45, 7) is 0. The highest BCUT2D eigenvalue weighted by Gasteiger charge is 2.20. The van der Waals surface area contributed by atoms with Crippen molar-refractivity contribution in [3.8, 4) is 0 Å². The summed E-state index contributed by atoms with van der Waals surface area (Å²) in [5.41, 5.74) is 1.05. The van der Waals surface area contributed by atoms with Gasteiger partial charge in [-0.2, -0.15) is 4.73 Å². The Labute approximate surface area is 173 Å². The number of anilines is 1. The van der Waals surface area contributed by atoms with Gasteiger partial charge in [-0.25, -0.2) is 4.79 Å². The third-order valence-electron chi connectivity index (χ3n) is 3.83. The van der Waals surface area contributed by atoms with E-state index >= 15 is 0 Å². The minimum Gasteiger partial charge on any atom is -0.618 e. The van der Waals surface area contributed by atoms with Gasteiger partial charge in [-0.1, -0.05) is 46.3 Å². The van der Waals surface area contributed by atoms with Gasteiger partial charge in [0.25, 0.3) is 5.69 Å². The predicted octanol–water partition coefficient (Wildman–Crippen LogP) is 4.33. The molecule has 1 aromatic heterocycles. The fourth-order valence-electron chi connectivity index (χ4n) is 2.45. The minimum atomic E-state index is -1.18. The molecule has 28 heavy (non-hydrogen) atoms. The van der Waals surface area contributed by atoms with E-state index in [4.69, 9.17) is 0 Å². The number of pyridine rings is 1. The van der Waals surface area contributed by atoms with E-state index in [1.807, 2.05) is 30.3 Å². The molecule has 0 radical (unpaired) electrons. The Balaban J connectivity index is 1.79. The molecule has 0 aliphatic rings. The van der Waals surface area contributed by atoms with Gasteiger partial charge < -0.3 is 15.6 Å². The normalized spacial score (nSPS) is 10.5. The van der Waals surface area contributed by atoms with Crippen LogP contribution in [-0.2, 0) is 5.75 Å². The van der Waals surface area contributed by atoms with Gasteiger partial charge in [0, 0.05) is 27.3 Å². The van der Waals surface area contributed by atoms with Crippen molar-refractivity contribution in [2.75, 3.05) is 5.32 Å². The molecule has 1 amide bonds. The quantitative estimate of drug-likeness (QED) is 0.325. The van der Waals surface area contributed by atoms with E-state index in [1.54, 1.807) is 12.1 Å². The zero-order chi connectivity index (χ0) is 20.1. The van der Waals surface area contributed by atoms with Gasteiger partial charge in [0.2, 0.25) is 0 Å². The summed E-state index contributed by atoms with van der Waals surface area (Å²) in [6.07, 6.45) is 1.27. The molecular weight excluding hydrogens is 444 g/mol. The number of rotatable bonds is 6. The van der Waals surface area contributed by atoms with Crippen LogP contribution in [0.15, 0.2) is 76.2 Å². The second kappa shape index (κ2) is 8.90. The van der Waals surface area contributed by atoms with Crippen molar-refractivity contribution in [2.24, 2.45) is 0 Å². The van der Waals surface area contributed by atoms with Gasteiger partial charge in [-0.05, 0) is 23.8 Å². The van der Waals surface area contributed by atoms with E-state index in [-0.39, 0.29) is 16.9 Å². The lowest BCUT2D eigenvalue weighted by Crippen LogP contribution is -2.36. The summed E-state index contributed by atoms with van der Waals surface area (Å²) < 4.78 is 1.03. The predicted molar refractivity (Wildman–Crippen MR) is 110 cm³/mol. The van der Waals surface area contributed by atoms with Gasteiger partial charge >= 0.3 is 11.9 Å². The number of halogens is 1. The Hall–Kier alpha value is -2.84. The molecule has 0 fully saturated rings. The molecule has 0 saturated heterocycles. The average molecular weight is 459 g/mol. The maximum Gasteiger partial charge on any atom is 0.337 e. The molecule has 0 bridgehead atoms. The van der Waals surface area contributed by atoms with Crippen LogP contribution in [0.25, 0.3) is 0 Å². The van der Waals surface area contributed by atoms with Gasteiger partial charge in [0.15, 0.2) is 6.20 Å². The van der Waals surface area contributed by atoms with E-state index in [0.717, 1.165) is 10.5 Å². The van der Waals surface area contributed by atoms with E-state index in [1.165, 1.54) is 36.2 Å². The summed E-state index contributed by atoms with van der Waals surface area (Å²) in [5.74, 6) is -1.17. The number of aromatic nitrogens is 1. The van der Waals surface area contributed by atoms with Crippen LogP contribution in [0.2, 0.25) is 0 Å². The molecule has 0 aliphatic carbocycles. The second-order valence-electron chi connectivity index (χ2n) is 5.80. The molecular formula is C20H15BrN2O4S. The molecule has 0 atom stereocenters. The van der Waals surface area contributed by atoms with Gasteiger partial charge in [-0.3, -0.25) is 4.79 Å². The molecule has 6 nitrogen and oxygen atoms in total. The number of carboxylic acids is 1. The van der Waals surface area contributed by atoms with Gasteiger partial charge in [-0.15, -0.1) is 11.8 Å². The molecule has 0 aliphatic heterocycles. The number of benzene rings is 2. The zero-order valence-electron chi connectivity index (χ0n) is 14.5. The molecule has 142 valence electrons. The highest BCUT2D eigenvalue weighted by molar-refractivity contribution is 9.10. The van der Waals surface area contributed by atoms with Crippen LogP contribution in [0.3, 0.4) is 0 Å². The van der Waals surface area contributed by atoms with Crippen LogP contribution in [0.4, 0.5) is 5.69 Å². The Bertz CT molecular complexity index is 1030. The minimum absolute atomic E-state index is 0.0743. The number of nitrogens with zero attached hydrogens (tertiary/aromatic N) is 1. The van der Waals surface area contributed by atoms with Crippen molar-refractivity contribution < 1.29 is 19.4 Å². The number of amides is 1. The third-order valence-corrected chi connectivity index (χ3v) is 5.39. The lowest BCUT2D eigenvalue weighted by Gasteiger charge is -2.10. The number of hydrogen-bond acceptors (Lipinski definition) is 4. The van der Waals surface area contributed by atoms with Crippen LogP contribution in [0.5, 0.6) is 0 Å². The number of carboxylic acid groups (broad SMARTS) is 1. The van der Waals surface area contributed by atoms with E-state index in [2.05, 4.69) is 21.2 Å². The maximum absolute atomic E-state index is 12.6. The summed E-state index contributed by atoms with van der Waals surface area (Å²) in [5, 5.41) is 23.9. The van der Waals surface area contributed by atoms with E-state index in [9.17, 15) is 19.9 Å². The fraction of sp³-hybridized carbons (Fsp3) is 0.0500. The average Bonchev–Trinajstić information content (AvgIpc) is 2.69. The van der Waals surface area contributed by atoms with Crippen LogP contribution < -0.4 is 10.0 Å². The number of hydrogen-bond donors (Lipinski definition) is 2. The molecule has 0 spiro atoms. The number of nitrogens with one attached hydrogen (secondary N) is 1. The number of aromatic carboxylic acids is 1. The molecule has 3 aromatic rings. The third kappa shape index (κ3) is 4.90. The first-order chi connectivity index (χ1) is 13.4. The summed E-state index contributed by atoms with van der Waals surface area (Å²) >= 11 is 4.70. The van der Waals surface area contributed by atoms with Crippen LogP contribution in [-0.4, -0.2) is 17.0 Å². The van der Waals surface area contributed by atoms with Crippen molar-refractivity contribution in [3.05, 3.63) is 93.4 Å². The Morgan fingerprint density at radius 3 is 2.57 bits per heavy atom. The Kier molecular flexibility index (Phi) is 6.33. The monoisotopic (exact) mass is 458 g/mol. The number of thioether (sulfide) groups is 1. The van der Waals surface area contributed by atoms with E-state index in [0.29, 0.717) is 15.0 Å². The zero-order valence-corrected chi connectivity index (χ0v) is 16.9. The first-order valence-corrected chi connectivity index (χ1v) is 9.96. The highest BCUT2D eigenvalue weighted by atomic mass is 79.9. The molecule has 0 saturated carbocycles. The van der Waals surface area contributed by atoms with Crippen molar-refractivity contribution in [1.29, 1.82) is 0 Å². The van der Waals surface area contributed by atoms with Crippen LogP contribution in [0, 0.1) is 5.21 Å². The number of carbonyl (C=O) groups is 2. The molecule has 3 rings (SSSR count). The van der Waals surface area contributed by atoms with Crippen molar-refractivity contribution >= 4 is 45.3 Å². The maximum atomic E-state index is 12.6. The van der Waals surface area contributed by atoms with E-state index < -0.39 is 11.9 Å². The lowest BCUT2D eigenvalue weighted by atomic mass is 10.1. The molecule has 0 unspecified atom stereocenters. The highest BCUT2D eigenvalue weighted by Crippen LogP contribution is 2.24. The van der Waals surface area contributed by atoms with Crippen LogP contribution in [0.1, 0.15) is 26.4 Å². The van der Waals surface area contributed by atoms with Crippen molar-refractivity contribution in [1.82, 2.24) is 0 Å². The summed E-state index contributed by atoms with van der Waals surface area (Å²) in [6, 6.07) is 17.4. The SMILES string of the molecule is O=C(O)c1cc(Br)ccc1NC(=O)c1cc(SCc2ccccc2)cc[n+]1[O-]. The van der Waals surface area contributed by atoms with Crippen molar-refractivity contribution in [3.63, 3.8) is 0 Å².